The molecular weight excluding hydrogens is 302 g/mol. The number of hydrogen-bond donors (Lipinski definition) is 0. The van der Waals surface area contributed by atoms with Crippen LogP contribution in [0.5, 0.6) is 0 Å². The molecule has 0 saturated heterocycles. The molecule has 4 nitrogen and oxygen atoms in total. The minimum absolute atomic E-state index is 0.0660. The Hall–Kier alpha value is -2.77. The van der Waals surface area contributed by atoms with E-state index >= 15 is 0 Å². The Morgan fingerprint density at radius 2 is 2.18 bits per heavy atom. The highest BCUT2D eigenvalue weighted by atomic mass is 35.5. The van der Waals surface area contributed by atoms with Crippen LogP contribution in [0.4, 0.5) is 0 Å². The summed E-state index contributed by atoms with van der Waals surface area (Å²) in [7, 11) is 0. The van der Waals surface area contributed by atoms with Crippen LogP contribution in [-0.4, -0.2) is 17.6 Å². The van der Waals surface area contributed by atoms with Gasteiger partial charge in [0.05, 0.1) is 5.56 Å². The van der Waals surface area contributed by atoms with Crippen molar-refractivity contribution in [3.8, 4) is 23.8 Å². The van der Waals surface area contributed by atoms with Gasteiger partial charge in [0, 0.05) is 10.6 Å². The number of carbonyl (C=O) groups excluding carboxylic acids is 1. The maximum atomic E-state index is 11.8. The van der Waals surface area contributed by atoms with Crippen molar-refractivity contribution < 1.29 is 13.9 Å². The van der Waals surface area contributed by atoms with Crippen molar-refractivity contribution in [3.05, 3.63) is 53.1 Å². The van der Waals surface area contributed by atoms with E-state index in [1.165, 1.54) is 0 Å². The van der Waals surface area contributed by atoms with Crippen molar-refractivity contribution in [1.82, 2.24) is 4.98 Å². The number of fused-ring (bicyclic) bond motifs is 1. The Balaban J connectivity index is 1.97. The molecule has 108 valence electrons. The van der Waals surface area contributed by atoms with E-state index < -0.39 is 5.97 Å². The molecule has 0 atom stereocenters. The summed E-state index contributed by atoms with van der Waals surface area (Å²) in [5.74, 6) is 2.19. The lowest BCUT2D eigenvalue weighted by Gasteiger charge is -1.99. The molecule has 0 unspecified atom stereocenters. The fraction of sp³-hybridized carbons (Fsp3) is 0.0588. The first-order chi connectivity index (χ1) is 10.7. The van der Waals surface area contributed by atoms with E-state index in [0.717, 1.165) is 5.56 Å². The third kappa shape index (κ3) is 2.80. The number of oxazole rings is 1. The molecule has 3 rings (SSSR count). The minimum Gasteiger partial charge on any atom is -0.449 e. The third-order valence-electron chi connectivity index (χ3n) is 2.98. The normalized spacial score (nSPS) is 10.4. The topological polar surface area (TPSA) is 52.3 Å². The molecule has 0 spiro atoms. The summed E-state index contributed by atoms with van der Waals surface area (Å²) < 4.78 is 10.6. The van der Waals surface area contributed by atoms with Crippen LogP contribution in [0.25, 0.3) is 22.6 Å². The van der Waals surface area contributed by atoms with E-state index in [0.29, 0.717) is 27.6 Å². The van der Waals surface area contributed by atoms with Gasteiger partial charge in [-0.1, -0.05) is 23.6 Å². The quantitative estimate of drug-likeness (QED) is 0.543. The molecule has 0 saturated carbocycles. The van der Waals surface area contributed by atoms with Crippen molar-refractivity contribution in [3.63, 3.8) is 0 Å². The van der Waals surface area contributed by atoms with Gasteiger partial charge in [-0.05, 0) is 36.4 Å². The molecule has 22 heavy (non-hydrogen) atoms. The number of nitrogens with zero attached hydrogens (tertiary/aromatic N) is 1. The Morgan fingerprint density at radius 3 is 2.95 bits per heavy atom. The summed E-state index contributed by atoms with van der Waals surface area (Å²) in [6, 6.07) is 12.1. The lowest BCUT2D eigenvalue weighted by Crippen LogP contribution is -2.04. The predicted molar refractivity (Wildman–Crippen MR) is 83.6 cm³/mol. The maximum Gasteiger partial charge on any atom is 0.339 e. The van der Waals surface area contributed by atoms with Crippen LogP contribution >= 0.6 is 11.6 Å². The number of ether oxygens (including phenoxy) is 1. The fourth-order valence-corrected chi connectivity index (χ4v) is 2.18. The van der Waals surface area contributed by atoms with Gasteiger partial charge < -0.3 is 9.15 Å². The molecule has 0 radical (unpaired) electrons. The summed E-state index contributed by atoms with van der Waals surface area (Å²) in [5.41, 5.74) is 2.27. The molecule has 1 heterocycles. The molecule has 3 aromatic rings. The lowest BCUT2D eigenvalue weighted by atomic mass is 10.2. The molecule has 0 N–H and O–H groups in total. The largest absolute Gasteiger partial charge is 0.449 e. The SMILES string of the molecule is C#CCOC(=O)c1ccc2oc(-c3cccc(Cl)c3)nc2c1. The zero-order valence-corrected chi connectivity index (χ0v) is 12.1. The first-order valence-corrected chi connectivity index (χ1v) is 6.82. The zero-order chi connectivity index (χ0) is 15.5. The van der Waals surface area contributed by atoms with Crippen LogP contribution < -0.4 is 0 Å². The first kappa shape index (κ1) is 14.2. The van der Waals surface area contributed by atoms with Crippen molar-refractivity contribution in [1.29, 1.82) is 0 Å². The summed E-state index contributed by atoms with van der Waals surface area (Å²) >= 11 is 5.96. The van der Waals surface area contributed by atoms with E-state index in [9.17, 15) is 4.79 Å². The van der Waals surface area contributed by atoms with Crippen molar-refractivity contribution in [2.75, 3.05) is 6.61 Å². The van der Waals surface area contributed by atoms with Crippen LogP contribution in [0, 0.1) is 12.3 Å². The van der Waals surface area contributed by atoms with Crippen LogP contribution in [0.3, 0.4) is 0 Å². The molecule has 0 bridgehead atoms. The van der Waals surface area contributed by atoms with E-state index in [2.05, 4.69) is 10.9 Å². The number of esters is 1. The van der Waals surface area contributed by atoms with Crippen LogP contribution in [-0.2, 0) is 4.74 Å². The van der Waals surface area contributed by atoms with Gasteiger partial charge in [0.1, 0.15) is 5.52 Å². The third-order valence-corrected chi connectivity index (χ3v) is 3.22. The van der Waals surface area contributed by atoms with E-state index in [1.807, 2.05) is 12.1 Å². The number of benzene rings is 2. The Morgan fingerprint density at radius 1 is 1.32 bits per heavy atom. The van der Waals surface area contributed by atoms with Crippen LogP contribution in [0.1, 0.15) is 10.4 Å². The number of carbonyl (C=O) groups is 1. The molecule has 2 aromatic carbocycles. The minimum atomic E-state index is -0.493. The zero-order valence-electron chi connectivity index (χ0n) is 11.4. The predicted octanol–water partition coefficient (Wildman–Crippen LogP) is 3.94. The van der Waals surface area contributed by atoms with Crippen LogP contribution in [0.2, 0.25) is 5.02 Å². The fourth-order valence-electron chi connectivity index (χ4n) is 1.99. The highest BCUT2D eigenvalue weighted by molar-refractivity contribution is 6.30. The van der Waals surface area contributed by atoms with E-state index in [1.54, 1.807) is 30.3 Å². The molecule has 0 aliphatic heterocycles. The first-order valence-electron chi connectivity index (χ1n) is 6.44. The van der Waals surface area contributed by atoms with Gasteiger partial charge >= 0.3 is 5.97 Å². The Labute approximate surface area is 131 Å². The molecule has 5 heteroatoms. The molecule has 1 aromatic heterocycles. The van der Waals surface area contributed by atoms with Crippen molar-refractivity contribution in [2.24, 2.45) is 0 Å². The number of aromatic nitrogens is 1. The average Bonchev–Trinajstić information content (AvgIpc) is 2.95. The number of rotatable bonds is 3. The van der Waals surface area contributed by atoms with Gasteiger partial charge in [-0.25, -0.2) is 9.78 Å². The van der Waals surface area contributed by atoms with Gasteiger partial charge in [0.25, 0.3) is 0 Å². The summed E-state index contributed by atoms with van der Waals surface area (Å²) in [6.07, 6.45) is 5.06. The molecule has 0 aliphatic rings. The van der Waals surface area contributed by atoms with Crippen molar-refractivity contribution in [2.45, 2.75) is 0 Å². The van der Waals surface area contributed by atoms with E-state index in [-0.39, 0.29) is 6.61 Å². The van der Waals surface area contributed by atoms with Gasteiger partial charge in [0.2, 0.25) is 5.89 Å². The average molecular weight is 312 g/mol. The van der Waals surface area contributed by atoms with Crippen molar-refractivity contribution >= 4 is 28.7 Å². The summed E-state index contributed by atoms with van der Waals surface area (Å²) in [6.45, 7) is -0.0660. The van der Waals surface area contributed by atoms with Crippen LogP contribution in [0.15, 0.2) is 46.9 Å². The second-order valence-electron chi connectivity index (χ2n) is 4.49. The standard InChI is InChI=1S/C17H10ClNO3/c1-2-8-21-17(20)12-6-7-15-14(10-12)19-16(22-15)11-4-3-5-13(18)9-11/h1,3-7,9-10H,8H2. The lowest BCUT2D eigenvalue weighted by molar-refractivity contribution is 0.0557. The molecule has 0 aliphatic carbocycles. The van der Waals surface area contributed by atoms with Gasteiger partial charge in [-0.2, -0.15) is 0 Å². The molecule has 0 fully saturated rings. The Kier molecular flexibility index (Phi) is 3.82. The number of halogens is 1. The smallest absolute Gasteiger partial charge is 0.339 e. The van der Waals surface area contributed by atoms with Gasteiger partial charge in [-0.3, -0.25) is 0 Å². The highest BCUT2D eigenvalue weighted by Crippen LogP contribution is 2.26. The number of terminal acetylenes is 1. The van der Waals surface area contributed by atoms with Gasteiger partial charge in [-0.15, -0.1) is 6.42 Å². The maximum absolute atomic E-state index is 11.8. The summed E-state index contributed by atoms with van der Waals surface area (Å²) in [5, 5.41) is 0.596. The highest BCUT2D eigenvalue weighted by Gasteiger charge is 2.12. The van der Waals surface area contributed by atoms with Gasteiger partial charge in [0.15, 0.2) is 12.2 Å². The second kappa shape index (κ2) is 5.92. The summed E-state index contributed by atoms with van der Waals surface area (Å²) in [4.78, 5) is 16.1. The number of hydrogen-bond acceptors (Lipinski definition) is 4. The molecular formula is C17H10ClNO3. The monoisotopic (exact) mass is 311 g/mol. The Bertz CT molecular complexity index is 892. The molecule has 0 amide bonds. The second-order valence-corrected chi connectivity index (χ2v) is 4.93. The van der Waals surface area contributed by atoms with E-state index in [4.69, 9.17) is 27.2 Å².